The maximum Gasteiger partial charge on any atom is 0.222 e. The van der Waals surface area contributed by atoms with E-state index in [1.165, 1.54) is 6.92 Å². The number of hydrogen-bond donors (Lipinski definition) is 1. The van der Waals surface area contributed by atoms with Gasteiger partial charge in [-0.15, -0.1) is 0 Å². The van der Waals surface area contributed by atoms with Gasteiger partial charge in [0.25, 0.3) is 0 Å². The van der Waals surface area contributed by atoms with Crippen LogP contribution in [0.5, 0.6) is 0 Å². The number of benzene rings is 1. The number of nitrogens with zero attached hydrogens (tertiary/aromatic N) is 2. The Balaban J connectivity index is 2.03. The van der Waals surface area contributed by atoms with Crippen LogP contribution < -0.4 is 5.32 Å². The summed E-state index contributed by atoms with van der Waals surface area (Å²) in [5.41, 5.74) is 0.950. The summed E-state index contributed by atoms with van der Waals surface area (Å²) in [5.74, 6) is -0.0641. The summed E-state index contributed by atoms with van der Waals surface area (Å²) in [7, 11) is 1.68. The zero-order valence-electron chi connectivity index (χ0n) is 18.3. The minimum absolute atomic E-state index is 0.0630. The van der Waals surface area contributed by atoms with Crippen LogP contribution in [-0.4, -0.2) is 67.4 Å². The van der Waals surface area contributed by atoms with Crippen molar-refractivity contribution in [3.8, 4) is 0 Å². The molecule has 0 aromatic heterocycles. The van der Waals surface area contributed by atoms with Crippen molar-refractivity contribution < 1.29 is 19.1 Å². The Morgan fingerprint density at radius 3 is 2.57 bits per heavy atom. The fraction of sp³-hybridized carbons (Fsp3) is 0.609. The van der Waals surface area contributed by atoms with Crippen molar-refractivity contribution >= 4 is 17.7 Å². The molecule has 1 aromatic carbocycles. The number of carbonyl (C=O) groups excluding carboxylic acids is 3. The standard InChI is InChI=1S/C23H35N3O4/c1-19(27)26-15-9-14-25(23(29)12-7-4-8-17-30-2)16-13-24-22(28)18-21(26)20-10-5-3-6-11-20/h3,5-6,10-11,21H,4,7-9,12-18H2,1-2H3,(H,24,28). The van der Waals surface area contributed by atoms with E-state index in [9.17, 15) is 14.4 Å². The molecule has 7 nitrogen and oxygen atoms in total. The van der Waals surface area contributed by atoms with Gasteiger partial charge in [-0.1, -0.05) is 36.8 Å². The van der Waals surface area contributed by atoms with Gasteiger partial charge in [0.15, 0.2) is 0 Å². The van der Waals surface area contributed by atoms with Crippen LogP contribution in [-0.2, 0) is 19.1 Å². The van der Waals surface area contributed by atoms with Gasteiger partial charge in [0, 0.05) is 53.2 Å². The lowest BCUT2D eigenvalue weighted by Gasteiger charge is -2.31. The summed E-state index contributed by atoms with van der Waals surface area (Å²) in [6.45, 7) is 4.27. The number of methoxy groups -OCH3 is 1. The largest absolute Gasteiger partial charge is 0.385 e. The van der Waals surface area contributed by atoms with Crippen LogP contribution in [0.1, 0.15) is 57.1 Å². The molecule has 1 N–H and O–H groups in total. The predicted molar refractivity (Wildman–Crippen MR) is 116 cm³/mol. The summed E-state index contributed by atoms with van der Waals surface area (Å²) in [6.07, 6.45) is 4.15. The van der Waals surface area contributed by atoms with E-state index in [1.54, 1.807) is 12.0 Å². The molecular weight excluding hydrogens is 382 g/mol. The van der Waals surface area contributed by atoms with Crippen molar-refractivity contribution in [3.63, 3.8) is 0 Å². The molecule has 0 radical (unpaired) electrons. The molecule has 1 atom stereocenters. The van der Waals surface area contributed by atoms with Crippen molar-refractivity contribution in [2.75, 3.05) is 39.9 Å². The highest BCUT2D eigenvalue weighted by molar-refractivity contribution is 5.79. The molecule has 0 saturated carbocycles. The van der Waals surface area contributed by atoms with Crippen LogP contribution in [0.25, 0.3) is 0 Å². The van der Waals surface area contributed by atoms with Crippen LogP contribution in [0.15, 0.2) is 30.3 Å². The van der Waals surface area contributed by atoms with Crippen LogP contribution in [0.4, 0.5) is 0 Å². The molecule has 0 spiro atoms. The molecule has 0 bridgehead atoms. The molecule has 1 fully saturated rings. The van der Waals surface area contributed by atoms with Gasteiger partial charge in [-0.2, -0.15) is 0 Å². The van der Waals surface area contributed by atoms with Crippen LogP contribution in [0, 0.1) is 0 Å². The number of amides is 3. The van der Waals surface area contributed by atoms with E-state index >= 15 is 0 Å². The van der Waals surface area contributed by atoms with Crippen LogP contribution in [0.2, 0.25) is 0 Å². The highest BCUT2D eigenvalue weighted by Gasteiger charge is 2.26. The van der Waals surface area contributed by atoms with E-state index in [1.807, 2.05) is 35.2 Å². The monoisotopic (exact) mass is 417 g/mol. The molecule has 1 saturated heterocycles. The zero-order valence-corrected chi connectivity index (χ0v) is 18.3. The van der Waals surface area contributed by atoms with Crippen LogP contribution in [0.3, 0.4) is 0 Å². The molecule has 1 aromatic rings. The third kappa shape index (κ3) is 7.78. The molecule has 7 heteroatoms. The lowest BCUT2D eigenvalue weighted by molar-refractivity contribution is -0.132. The Bertz CT molecular complexity index is 680. The van der Waals surface area contributed by atoms with E-state index in [0.717, 1.165) is 24.8 Å². The average Bonchev–Trinajstić information content (AvgIpc) is 2.77. The summed E-state index contributed by atoms with van der Waals surface area (Å²) >= 11 is 0. The van der Waals surface area contributed by atoms with Gasteiger partial charge in [0.05, 0.1) is 12.5 Å². The fourth-order valence-corrected chi connectivity index (χ4v) is 3.84. The number of carbonyl (C=O) groups is 3. The summed E-state index contributed by atoms with van der Waals surface area (Å²) < 4.78 is 5.05. The smallest absolute Gasteiger partial charge is 0.222 e. The lowest BCUT2D eigenvalue weighted by atomic mass is 10.0. The normalized spacial score (nSPS) is 18.5. The fourth-order valence-electron chi connectivity index (χ4n) is 3.84. The van der Waals surface area contributed by atoms with Gasteiger partial charge in [-0.25, -0.2) is 0 Å². The molecule has 1 aliphatic rings. The van der Waals surface area contributed by atoms with Gasteiger partial charge in [-0.3, -0.25) is 14.4 Å². The number of nitrogens with one attached hydrogen (secondary N) is 1. The maximum atomic E-state index is 12.7. The topological polar surface area (TPSA) is 79.0 Å². The Hall–Kier alpha value is -2.41. The Morgan fingerprint density at radius 1 is 1.10 bits per heavy atom. The first-order chi connectivity index (χ1) is 14.5. The minimum Gasteiger partial charge on any atom is -0.385 e. The van der Waals surface area contributed by atoms with Gasteiger partial charge in [0.1, 0.15) is 0 Å². The van der Waals surface area contributed by atoms with Crippen molar-refractivity contribution in [3.05, 3.63) is 35.9 Å². The molecular formula is C23H35N3O4. The highest BCUT2D eigenvalue weighted by Crippen LogP contribution is 2.25. The van der Waals surface area contributed by atoms with E-state index in [2.05, 4.69) is 5.32 Å². The Labute approximate surface area is 179 Å². The number of ether oxygens (including phenoxy) is 1. The van der Waals surface area contributed by atoms with E-state index in [4.69, 9.17) is 4.74 Å². The first-order valence-electron chi connectivity index (χ1n) is 10.9. The van der Waals surface area contributed by atoms with Gasteiger partial charge in [0.2, 0.25) is 17.7 Å². The zero-order chi connectivity index (χ0) is 21.8. The van der Waals surface area contributed by atoms with Gasteiger partial charge < -0.3 is 19.9 Å². The van der Waals surface area contributed by atoms with Gasteiger partial charge in [-0.05, 0) is 24.8 Å². The summed E-state index contributed by atoms with van der Waals surface area (Å²) in [6, 6.07) is 9.37. The molecule has 1 unspecified atom stereocenters. The second kappa shape index (κ2) is 13.0. The van der Waals surface area contributed by atoms with E-state index < -0.39 is 0 Å². The molecule has 166 valence electrons. The number of rotatable bonds is 7. The lowest BCUT2D eigenvalue weighted by Crippen LogP contribution is -2.39. The van der Waals surface area contributed by atoms with Crippen LogP contribution >= 0.6 is 0 Å². The molecule has 2 rings (SSSR count). The second-order valence-corrected chi connectivity index (χ2v) is 7.73. The van der Waals surface area contributed by atoms with Crippen molar-refractivity contribution in [1.82, 2.24) is 15.1 Å². The Morgan fingerprint density at radius 2 is 1.87 bits per heavy atom. The van der Waals surface area contributed by atoms with Gasteiger partial charge >= 0.3 is 0 Å². The highest BCUT2D eigenvalue weighted by atomic mass is 16.5. The SMILES string of the molecule is COCCCCCC(=O)N1CCCN(C(C)=O)C(c2ccccc2)CC(=O)NCC1. The van der Waals surface area contributed by atoms with E-state index in [0.29, 0.717) is 45.6 Å². The average molecular weight is 418 g/mol. The minimum atomic E-state index is -0.299. The first kappa shape index (κ1) is 23.9. The molecule has 3 amide bonds. The summed E-state index contributed by atoms with van der Waals surface area (Å²) in [4.78, 5) is 41.2. The van der Waals surface area contributed by atoms with Crippen molar-refractivity contribution in [1.29, 1.82) is 0 Å². The Kier molecular flexibility index (Phi) is 10.3. The third-order valence-electron chi connectivity index (χ3n) is 5.47. The predicted octanol–water partition coefficient (Wildman–Crippen LogP) is 2.52. The molecule has 1 heterocycles. The maximum absolute atomic E-state index is 12.7. The molecule has 30 heavy (non-hydrogen) atoms. The quantitative estimate of drug-likeness (QED) is 0.692. The number of hydrogen-bond acceptors (Lipinski definition) is 4. The van der Waals surface area contributed by atoms with Crippen molar-refractivity contribution in [2.24, 2.45) is 0 Å². The van der Waals surface area contributed by atoms with E-state index in [-0.39, 0.29) is 30.2 Å². The number of unbranched alkanes of at least 4 members (excludes halogenated alkanes) is 2. The second-order valence-electron chi connectivity index (χ2n) is 7.73. The third-order valence-corrected chi connectivity index (χ3v) is 5.47. The first-order valence-corrected chi connectivity index (χ1v) is 10.9. The summed E-state index contributed by atoms with van der Waals surface area (Å²) in [5, 5.41) is 2.92. The van der Waals surface area contributed by atoms with Crippen molar-refractivity contribution in [2.45, 2.75) is 51.5 Å². The molecule has 0 aliphatic carbocycles. The molecule has 1 aliphatic heterocycles.